The molecule has 0 fully saturated rings. The SMILES string of the molecule is CCNC(CC)CCc1c(F)ccc(C)c1F. The van der Waals surface area contributed by atoms with E-state index < -0.39 is 11.6 Å². The first-order valence-electron chi connectivity index (χ1n) is 6.27. The van der Waals surface area contributed by atoms with Gasteiger partial charge < -0.3 is 5.32 Å². The Labute approximate surface area is 102 Å². The van der Waals surface area contributed by atoms with Gasteiger partial charge in [0.25, 0.3) is 0 Å². The first kappa shape index (κ1) is 14.1. The van der Waals surface area contributed by atoms with Crippen LogP contribution in [0.25, 0.3) is 0 Å². The molecule has 0 saturated carbocycles. The van der Waals surface area contributed by atoms with Gasteiger partial charge in [0.2, 0.25) is 0 Å². The van der Waals surface area contributed by atoms with E-state index in [1.54, 1.807) is 6.92 Å². The summed E-state index contributed by atoms with van der Waals surface area (Å²) in [5, 5.41) is 3.31. The van der Waals surface area contributed by atoms with Crippen molar-refractivity contribution in [1.82, 2.24) is 5.32 Å². The number of halogens is 2. The van der Waals surface area contributed by atoms with Crippen LogP contribution in [-0.2, 0) is 6.42 Å². The summed E-state index contributed by atoms with van der Waals surface area (Å²) >= 11 is 0. The van der Waals surface area contributed by atoms with E-state index in [-0.39, 0.29) is 5.56 Å². The van der Waals surface area contributed by atoms with E-state index in [0.29, 0.717) is 18.0 Å². The Morgan fingerprint density at radius 2 is 1.94 bits per heavy atom. The Morgan fingerprint density at radius 3 is 2.53 bits per heavy atom. The van der Waals surface area contributed by atoms with Gasteiger partial charge in [-0.05, 0) is 44.4 Å². The summed E-state index contributed by atoms with van der Waals surface area (Å²) in [7, 11) is 0. The summed E-state index contributed by atoms with van der Waals surface area (Å²) in [6.07, 6.45) is 2.19. The Bertz CT molecular complexity index is 363. The standard InChI is InChI=1S/C14H21F2N/c1-4-11(17-5-2)7-8-12-13(15)9-6-10(3)14(12)16/h6,9,11,17H,4-5,7-8H2,1-3H3. The lowest BCUT2D eigenvalue weighted by molar-refractivity contribution is 0.466. The molecular weight excluding hydrogens is 220 g/mol. The van der Waals surface area contributed by atoms with Gasteiger partial charge in [-0.3, -0.25) is 0 Å². The van der Waals surface area contributed by atoms with Crippen molar-refractivity contribution in [1.29, 1.82) is 0 Å². The minimum absolute atomic E-state index is 0.223. The molecule has 0 aliphatic carbocycles. The predicted octanol–water partition coefficient (Wildman–Crippen LogP) is 3.59. The highest BCUT2D eigenvalue weighted by Crippen LogP contribution is 2.18. The van der Waals surface area contributed by atoms with Crippen molar-refractivity contribution in [3.05, 3.63) is 34.9 Å². The third-order valence-corrected chi connectivity index (χ3v) is 3.11. The highest BCUT2D eigenvalue weighted by Gasteiger charge is 2.13. The topological polar surface area (TPSA) is 12.0 Å². The maximum Gasteiger partial charge on any atom is 0.132 e. The third kappa shape index (κ3) is 3.77. The quantitative estimate of drug-likeness (QED) is 0.802. The first-order chi connectivity index (χ1) is 8.10. The van der Waals surface area contributed by atoms with Crippen molar-refractivity contribution in [2.24, 2.45) is 0 Å². The molecule has 1 rings (SSSR count). The smallest absolute Gasteiger partial charge is 0.132 e. The van der Waals surface area contributed by atoms with Crippen LogP contribution in [0.4, 0.5) is 8.78 Å². The van der Waals surface area contributed by atoms with Crippen molar-refractivity contribution in [2.75, 3.05) is 6.54 Å². The van der Waals surface area contributed by atoms with Gasteiger partial charge in [-0.15, -0.1) is 0 Å². The Morgan fingerprint density at radius 1 is 1.24 bits per heavy atom. The summed E-state index contributed by atoms with van der Waals surface area (Å²) < 4.78 is 27.3. The van der Waals surface area contributed by atoms with Gasteiger partial charge in [0, 0.05) is 11.6 Å². The number of aryl methyl sites for hydroxylation is 1. The van der Waals surface area contributed by atoms with Crippen molar-refractivity contribution in [2.45, 2.75) is 46.1 Å². The van der Waals surface area contributed by atoms with Gasteiger partial charge in [0.05, 0.1) is 0 Å². The average molecular weight is 241 g/mol. The monoisotopic (exact) mass is 241 g/mol. The van der Waals surface area contributed by atoms with Crippen LogP contribution in [0.3, 0.4) is 0 Å². The highest BCUT2D eigenvalue weighted by atomic mass is 19.1. The molecule has 0 aromatic heterocycles. The maximum absolute atomic E-state index is 13.7. The number of hydrogen-bond donors (Lipinski definition) is 1. The first-order valence-corrected chi connectivity index (χ1v) is 6.27. The van der Waals surface area contributed by atoms with Gasteiger partial charge in [-0.1, -0.05) is 19.9 Å². The molecule has 1 nitrogen and oxygen atoms in total. The van der Waals surface area contributed by atoms with Gasteiger partial charge >= 0.3 is 0 Å². The zero-order valence-electron chi connectivity index (χ0n) is 10.8. The summed E-state index contributed by atoms with van der Waals surface area (Å²) in [6.45, 7) is 6.67. The van der Waals surface area contributed by atoms with Crippen LogP contribution in [0.1, 0.15) is 37.8 Å². The molecule has 1 atom stereocenters. The third-order valence-electron chi connectivity index (χ3n) is 3.11. The zero-order valence-corrected chi connectivity index (χ0v) is 10.8. The lowest BCUT2D eigenvalue weighted by Gasteiger charge is -2.16. The fourth-order valence-electron chi connectivity index (χ4n) is 2.00. The molecule has 3 heteroatoms. The second-order valence-electron chi connectivity index (χ2n) is 4.36. The summed E-state index contributed by atoms with van der Waals surface area (Å²) in [4.78, 5) is 0. The minimum Gasteiger partial charge on any atom is -0.314 e. The van der Waals surface area contributed by atoms with Crippen molar-refractivity contribution in [3.63, 3.8) is 0 Å². The number of benzene rings is 1. The van der Waals surface area contributed by atoms with Gasteiger partial charge in [-0.2, -0.15) is 0 Å². The number of hydrogen-bond acceptors (Lipinski definition) is 1. The molecule has 17 heavy (non-hydrogen) atoms. The average Bonchev–Trinajstić information content (AvgIpc) is 2.32. The molecule has 96 valence electrons. The Hall–Kier alpha value is -0.960. The second kappa shape index (κ2) is 6.70. The number of rotatable bonds is 6. The van der Waals surface area contributed by atoms with E-state index in [9.17, 15) is 8.78 Å². The molecule has 0 spiro atoms. The van der Waals surface area contributed by atoms with E-state index in [1.807, 2.05) is 6.92 Å². The second-order valence-corrected chi connectivity index (χ2v) is 4.36. The summed E-state index contributed by atoms with van der Waals surface area (Å²) in [6, 6.07) is 3.16. The molecule has 0 heterocycles. The zero-order chi connectivity index (χ0) is 12.8. The molecule has 1 aromatic rings. The highest BCUT2D eigenvalue weighted by molar-refractivity contribution is 5.26. The lowest BCUT2D eigenvalue weighted by Crippen LogP contribution is -2.28. The van der Waals surface area contributed by atoms with E-state index >= 15 is 0 Å². The van der Waals surface area contributed by atoms with E-state index in [4.69, 9.17) is 0 Å². The van der Waals surface area contributed by atoms with Crippen molar-refractivity contribution in [3.8, 4) is 0 Å². The van der Waals surface area contributed by atoms with E-state index in [1.165, 1.54) is 12.1 Å². The van der Waals surface area contributed by atoms with Gasteiger partial charge in [0.15, 0.2) is 0 Å². The molecule has 0 aliphatic heterocycles. The molecule has 1 unspecified atom stereocenters. The van der Waals surface area contributed by atoms with Crippen LogP contribution < -0.4 is 5.32 Å². The van der Waals surface area contributed by atoms with Crippen LogP contribution in [-0.4, -0.2) is 12.6 Å². The van der Waals surface area contributed by atoms with Crippen molar-refractivity contribution >= 4 is 0 Å². The van der Waals surface area contributed by atoms with Crippen LogP contribution in [0.15, 0.2) is 12.1 Å². The van der Waals surface area contributed by atoms with Crippen LogP contribution in [0.2, 0.25) is 0 Å². The molecule has 0 saturated heterocycles. The Kier molecular flexibility index (Phi) is 5.56. The van der Waals surface area contributed by atoms with E-state index in [2.05, 4.69) is 12.2 Å². The van der Waals surface area contributed by atoms with Gasteiger partial charge in [-0.25, -0.2) is 8.78 Å². The largest absolute Gasteiger partial charge is 0.314 e. The van der Waals surface area contributed by atoms with Crippen molar-refractivity contribution < 1.29 is 8.78 Å². The fourth-order valence-corrected chi connectivity index (χ4v) is 2.00. The maximum atomic E-state index is 13.7. The number of nitrogens with one attached hydrogen (secondary N) is 1. The minimum atomic E-state index is -0.431. The lowest BCUT2D eigenvalue weighted by atomic mass is 10.0. The van der Waals surface area contributed by atoms with Gasteiger partial charge in [0.1, 0.15) is 11.6 Å². The molecule has 1 N–H and O–H groups in total. The summed E-state index contributed by atoms with van der Waals surface area (Å²) in [5.41, 5.74) is 0.735. The fraction of sp³-hybridized carbons (Fsp3) is 0.571. The van der Waals surface area contributed by atoms with Crippen LogP contribution in [0, 0.1) is 18.6 Å². The molecule has 0 radical (unpaired) electrons. The molecular formula is C14H21F2N. The van der Waals surface area contributed by atoms with Crippen LogP contribution in [0.5, 0.6) is 0 Å². The molecule has 1 aromatic carbocycles. The Balaban J connectivity index is 2.71. The molecule has 0 amide bonds. The summed E-state index contributed by atoms with van der Waals surface area (Å²) in [5.74, 6) is -0.823. The normalized spacial score (nSPS) is 12.8. The van der Waals surface area contributed by atoms with Crippen LogP contribution >= 0.6 is 0 Å². The molecule has 0 bridgehead atoms. The van der Waals surface area contributed by atoms with E-state index in [0.717, 1.165) is 19.4 Å². The molecule has 0 aliphatic rings. The predicted molar refractivity (Wildman–Crippen MR) is 67.2 cm³/mol.